The lowest BCUT2D eigenvalue weighted by atomic mass is 10.3. The summed E-state index contributed by atoms with van der Waals surface area (Å²) in [7, 11) is -3.70. The minimum absolute atomic E-state index is 0.0286. The van der Waals surface area contributed by atoms with Gasteiger partial charge in [-0.3, -0.25) is 5.43 Å². The molecule has 0 spiro atoms. The molecule has 1 aliphatic heterocycles. The monoisotopic (exact) mass is 325 g/mol. The second kappa shape index (κ2) is 6.51. The first-order valence-corrected chi connectivity index (χ1v) is 7.64. The highest BCUT2D eigenvalue weighted by atomic mass is 32.2. The Balaban J connectivity index is 2.18. The number of aliphatic hydroxyl groups excluding tert-OH is 1. The third kappa shape index (κ3) is 3.58. The molecule has 0 fully saturated rings. The Morgan fingerprint density at radius 2 is 1.91 bits per heavy atom. The topological polar surface area (TPSA) is 168 Å². The van der Waals surface area contributed by atoms with E-state index in [1.807, 2.05) is 0 Å². The van der Waals surface area contributed by atoms with Crippen molar-refractivity contribution in [3.8, 4) is 0 Å². The van der Waals surface area contributed by atoms with Crippen molar-refractivity contribution in [2.75, 3.05) is 18.6 Å². The van der Waals surface area contributed by atoms with Gasteiger partial charge in [-0.2, -0.15) is 5.10 Å². The fourth-order valence-electron chi connectivity index (χ4n) is 1.56. The van der Waals surface area contributed by atoms with Crippen LogP contribution in [0, 0.1) is 0 Å². The lowest BCUT2D eigenvalue weighted by Crippen LogP contribution is -2.32. The van der Waals surface area contributed by atoms with Gasteiger partial charge in [0, 0.05) is 6.54 Å². The number of aliphatic hydroxyl groups is 1. The SMILES string of the molecule is NC1=NN=C(N)C1=NNc1cccc(S(=O)(=O)NCCO)c1. The average Bonchev–Trinajstić information content (AvgIpc) is 2.82. The number of nitrogens with two attached hydrogens (primary N) is 2. The van der Waals surface area contributed by atoms with E-state index in [0.717, 1.165) is 0 Å². The molecule has 11 heteroatoms. The Bertz CT molecular complexity index is 735. The van der Waals surface area contributed by atoms with Crippen LogP contribution < -0.4 is 21.6 Å². The molecule has 0 aliphatic carbocycles. The quantitative estimate of drug-likeness (QED) is 0.393. The zero-order valence-electron chi connectivity index (χ0n) is 11.4. The first-order valence-electron chi connectivity index (χ1n) is 6.15. The second-order valence-electron chi connectivity index (χ2n) is 4.19. The Hall–Kier alpha value is -2.50. The van der Waals surface area contributed by atoms with Crippen molar-refractivity contribution in [1.29, 1.82) is 0 Å². The normalized spacial score (nSPS) is 14.5. The van der Waals surface area contributed by atoms with E-state index in [9.17, 15) is 8.42 Å². The van der Waals surface area contributed by atoms with Crippen LogP contribution in [-0.2, 0) is 10.0 Å². The van der Waals surface area contributed by atoms with E-state index in [4.69, 9.17) is 16.6 Å². The Morgan fingerprint density at radius 3 is 2.55 bits per heavy atom. The van der Waals surface area contributed by atoms with Crippen LogP contribution in [-0.4, -0.2) is 44.1 Å². The van der Waals surface area contributed by atoms with Crippen molar-refractivity contribution in [3.63, 3.8) is 0 Å². The highest BCUT2D eigenvalue weighted by Crippen LogP contribution is 2.15. The van der Waals surface area contributed by atoms with Gasteiger partial charge < -0.3 is 16.6 Å². The van der Waals surface area contributed by atoms with Gasteiger partial charge in [0.05, 0.1) is 17.2 Å². The standard InChI is InChI=1S/C11H15N7O3S/c12-10-9(11(13)18-17-10)16-15-7-2-1-3-8(6-7)22(20,21)14-4-5-19/h1-3,6,14-15,19H,4-5H2,(H4,12,13,16,17,18). The molecule has 0 saturated heterocycles. The highest BCUT2D eigenvalue weighted by Gasteiger charge is 2.17. The van der Waals surface area contributed by atoms with E-state index < -0.39 is 10.0 Å². The van der Waals surface area contributed by atoms with Gasteiger partial charge >= 0.3 is 0 Å². The summed E-state index contributed by atoms with van der Waals surface area (Å²) in [5, 5.41) is 19.7. The Kier molecular flexibility index (Phi) is 4.70. The first kappa shape index (κ1) is 15.9. The number of nitrogens with zero attached hydrogens (tertiary/aromatic N) is 3. The van der Waals surface area contributed by atoms with Gasteiger partial charge in [-0.15, -0.1) is 10.2 Å². The third-order valence-electron chi connectivity index (χ3n) is 2.60. The molecule has 22 heavy (non-hydrogen) atoms. The number of hydrogen-bond acceptors (Lipinski definition) is 9. The lowest BCUT2D eigenvalue weighted by molar-refractivity contribution is 0.301. The molecule has 118 valence electrons. The molecule has 0 atom stereocenters. The predicted molar refractivity (Wildman–Crippen MR) is 83.0 cm³/mol. The summed E-state index contributed by atoms with van der Waals surface area (Å²) in [6.45, 7) is -0.357. The maximum Gasteiger partial charge on any atom is 0.240 e. The van der Waals surface area contributed by atoms with Crippen LogP contribution in [0.25, 0.3) is 0 Å². The molecule has 1 aromatic rings. The van der Waals surface area contributed by atoms with Crippen LogP contribution >= 0.6 is 0 Å². The number of hydrazone groups is 1. The maximum atomic E-state index is 11.9. The van der Waals surface area contributed by atoms with Crippen molar-refractivity contribution in [2.45, 2.75) is 4.90 Å². The molecule has 2 rings (SSSR count). The van der Waals surface area contributed by atoms with Crippen LogP contribution in [0.4, 0.5) is 5.69 Å². The largest absolute Gasteiger partial charge is 0.395 e. The van der Waals surface area contributed by atoms with E-state index in [0.29, 0.717) is 5.69 Å². The number of nitrogens with one attached hydrogen (secondary N) is 2. The molecule has 1 aromatic carbocycles. The molecule has 1 aliphatic rings. The second-order valence-corrected chi connectivity index (χ2v) is 5.96. The minimum Gasteiger partial charge on any atom is -0.395 e. The van der Waals surface area contributed by atoms with Crippen LogP contribution in [0.3, 0.4) is 0 Å². The summed E-state index contributed by atoms with van der Waals surface area (Å²) < 4.78 is 26.1. The fourth-order valence-corrected chi connectivity index (χ4v) is 2.63. The third-order valence-corrected chi connectivity index (χ3v) is 4.05. The maximum absolute atomic E-state index is 11.9. The minimum atomic E-state index is -3.70. The van der Waals surface area contributed by atoms with Gasteiger partial charge in [0.15, 0.2) is 17.4 Å². The van der Waals surface area contributed by atoms with E-state index in [2.05, 4.69) is 25.5 Å². The first-order chi connectivity index (χ1) is 10.4. The zero-order chi connectivity index (χ0) is 16.2. The van der Waals surface area contributed by atoms with Crippen molar-refractivity contribution >= 4 is 33.1 Å². The predicted octanol–water partition coefficient (Wildman–Crippen LogP) is -1.63. The highest BCUT2D eigenvalue weighted by molar-refractivity contribution is 7.89. The van der Waals surface area contributed by atoms with Gasteiger partial charge in [0.25, 0.3) is 0 Å². The number of rotatable bonds is 6. The van der Waals surface area contributed by atoms with Crippen molar-refractivity contribution in [2.24, 2.45) is 26.8 Å². The van der Waals surface area contributed by atoms with Crippen molar-refractivity contribution in [1.82, 2.24) is 4.72 Å². The fraction of sp³-hybridized carbons (Fsp3) is 0.182. The van der Waals surface area contributed by atoms with E-state index in [1.54, 1.807) is 12.1 Å². The van der Waals surface area contributed by atoms with E-state index >= 15 is 0 Å². The number of anilines is 1. The molecule has 0 bridgehead atoms. The van der Waals surface area contributed by atoms with E-state index in [-0.39, 0.29) is 35.4 Å². The molecule has 10 nitrogen and oxygen atoms in total. The Morgan fingerprint density at radius 1 is 1.23 bits per heavy atom. The summed E-state index contributed by atoms with van der Waals surface area (Å²) in [5.41, 5.74) is 14.3. The van der Waals surface area contributed by atoms with Crippen LogP contribution in [0.1, 0.15) is 0 Å². The lowest BCUT2D eigenvalue weighted by Gasteiger charge is -2.07. The summed E-state index contributed by atoms with van der Waals surface area (Å²) in [6, 6.07) is 5.95. The van der Waals surface area contributed by atoms with Gasteiger partial charge in [0.2, 0.25) is 10.0 Å². The van der Waals surface area contributed by atoms with E-state index in [1.165, 1.54) is 12.1 Å². The number of hydrogen-bond donors (Lipinski definition) is 5. The summed E-state index contributed by atoms with van der Waals surface area (Å²) in [6.07, 6.45) is 0. The number of sulfonamides is 1. The van der Waals surface area contributed by atoms with Crippen LogP contribution in [0.15, 0.2) is 44.5 Å². The number of amidine groups is 2. The molecule has 7 N–H and O–H groups in total. The molecule has 0 aromatic heterocycles. The van der Waals surface area contributed by atoms with Gasteiger partial charge in [0.1, 0.15) is 0 Å². The number of benzene rings is 1. The summed E-state index contributed by atoms with van der Waals surface area (Å²) >= 11 is 0. The van der Waals surface area contributed by atoms with Crippen LogP contribution in [0.5, 0.6) is 0 Å². The Labute approximate surface area is 126 Å². The molecule has 0 amide bonds. The molecular weight excluding hydrogens is 310 g/mol. The molecule has 0 radical (unpaired) electrons. The van der Waals surface area contributed by atoms with Crippen molar-refractivity contribution < 1.29 is 13.5 Å². The molecular formula is C11H15N7O3S. The van der Waals surface area contributed by atoms with Crippen LogP contribution in [0.2, 0.25) is 0 Å². The smallest absolute Gasteiger partial charge is 0.240 e. The van der Waals surface area contributed by atoms with Crippen molar-refractivity contribution in [3.05, 3.63) is 24.3 Å². The molecule has 1 heterocycles. The van der Waals surface area contributed by atoms with Gasteiger partial charge in [-0.1, -0.05) is 6.07 Å². The average molecular weight is 325 g/mol. The summed E-state index contributed by atoms with van der Waals surface area (Å²) in [5.74, 6) is 0.136. The van der Waals surface area contributed by atoms with Gasteiger partial charge in [-0.05, 0) is 18.2 Å². The molecule has 0 saturated carbocycles. The molecule has 0 unspecified atom stereocenters. The van der Waals surface area contributed by atoms with Gasteiger partial charge in [-0.25, -0.2) is 13.1 Å². The zero-order valence-corrected chi connectivity index (χ0v) is 12.2. The summed E-state index contributed by atoms with van der Waals surface area (Å²) in [4.78, 5) is 0.0286.